The van der Waals surface area contributed by atoms with Gasteiger partial charge in [0.15, 0.2) is 0 Å². The second kappa shape index (κ2) is 4.83. The fraction of sp³-hybridized carbons (Fsp3) is 0.500. The van der Waals surface area contributed by atoms with E-state index in [1.165, 1.54) is 12.8 Å². The van der Waals surface area contributed by atoms with E-state index in [9.17, 15) is 4.79 Å². The molecule has 0 spiro atoms. The average molecular weight is 239 g/mol. The smallest absolute Gasteiger partial charge is 0.255 e. The molecular weight excluding hydrogens is 224 g/mol. The van der Waals surface area contributed by atoms with Crippen LogP contribution in [0, 0.1) is 5.92 Å². The number of nitrogens with zero attached hydrogens (tertiary/aromatic N) is 2. The molecular formula is C12H15ClN2O. The zero-order valence-electron chi connectivity index (χ0n) is 9.32. The summed E-state index contributed by atoms with van der Waals surface area (Å²) in [6.45, 7) is 3.62. The van der Waals surface area contributed by atoms with Gasteiger partial charge in [-0.2, -0.15) is 0 Å². The normalized spacial score (nSPS) is 14.9. The molecule has 1 amide bonds. The number of rotatable bonds is 4. The number of hydrogen-bond acceptors (Lipinski definition) is 2. The maximum Gasteiger partial charge on any atom is 0.255 e. The van der Waals surface area contributed by atoms with Crippen LogP contribution in [0.15, 0.2) is 18.3 Å². The summed E-state index contributed by atoms with van der Waals surface area (Å²) >= 11 is 5.69. The van der Waals surface area contributed by atoms with Crippen LogP contribution in [0.3, 0.4) is 0 Å². The van der Waals surface area contributed by atoms with Gasteiger partial charge >= 0.3 is 0 Å². The topological polar surface area (TPSA) is 33.2 Å². The molecule has 1 aliphatic carbocycles. The Morgan fingerprint density at radius 1 is 1.56 bits per heavy atom. The van der Waals surface area contributed by atoms with Gasteiger partial charge in [-0.3, -0.25) is 4.79 Å². The van der Waals surface area contributed by atoms with Crippen molar-refractivity contribution in [2.75, 3.05) is 13.1 Å². The third-order valence-corrected chi connectivity index (χ3v) is 3.04. The van der Waals surface area contributed by atoms with E-state index in [1.807, 2.05) is 11.8 Å². The molecule has 1 fully saturated rings. The van der Waals surface area contributed by atoms with Crippen LogP contribution in [0.1, 0.15) is 30.1 Å². The Kier molecular flexibility index (Phi) is 3.44. The minimum Gasteiger partial charge on any atom is -0.339 e. The maximum atomic E-state index is 12.1. The number of pyridine rings is 1. The lowest BCUT2D eigenvalue weighted by atomic mass is 10.2. The molecule has 1 aromatic heterocycles. The van der Waals surface area contributed by atoms with Gasteiger partial charge in [0.2, 0.25) is 0 Å². The summed E-state index contributed by atoms with van der Waals surface area (Å²) in [7, 11) is 0. The van der Waals surface area contributed by atoms with E-state index >= 15 is 0 Å². The second-order valence-corrected chi connectivity index (χ2v) is 4.54. The Morgan fingerprint density at radius 2 is 2.31 bits per heavy atom. The third kappa shape index (κ3) is 2.73. The van der Waals surface area contributed by atoms with Crippen LogP contribution in [0.2, 0.25) is 5.15 Å². The van der Waals surface area contributed by atoms with Crippen LogP contribution < -0.4 is 0 Å². The lowest BCUT2D eigenvalue weighted by molar-refractivity contribution is 0.0756. The summed E-state index contributed by atoms with van der Waals surface area (Å²) in [5.41, 5.74) is 0.618. The molecule has 3 nitrogen and oxygen atoms in total. The van der Waals surface area contributed by atoms with Crippen LogP contribution in [0.4, 0.5) is 0 Å². The molecule has 1 aromatic rings. The van der Waals surface area contributed by atoms with Crippen molar-refractivity contribution in [3.63, 3.8) is 0 Å². The van der Waals surface area contributed by atoms with Gasteiger partial charge in [-0.25, -0.2) is 4.98 Å². The molecule has 2 rings (SSSR count). The molecule has 1 heterocycles. The Bertz CT molecular complexity index is 373. The highest BCUT2D eigenvalue weighted by Crippen LogP contribution is 2.30. The van der Waals surface area contributed by atoms with Crippen molar-refractivity contribution in [1.29, 1.82) is 0 Å². The summed E-state index contributed by atoms with van der Waals surface area (Å²) < 4.78 is 0. The monoisotopic (exact) mass is 238 g/mol. The summed E-state index contributed by atoms with van der Waals surface area (Å²) in [4.78, 5) is 17.9. The van der Waals surface area contributed by atoms with Crippen molar-refractivity contribution in [2.24, 2.45) is 5.92 Å². The molecule has 0 N–H and O–H groups in total. The highest BCUT2D eigenvalue weighted by molar-refractivity contribution is 6.29. The second-order valence-electron chi connectivity index (χ2n) is 4.16. The first-order chi connectivity index (χ1) is 7.70. The van der Waals surface area contributed by atoms with Crippen molar-refractivity contribution < 1.29 is 4.79 Å². The Morgan fingerprint density at radius 3 is 2.81 bits per heavy atom. The molecule has 16 heavy (non-hydrogen) atoms. The van der Waals surface area contributed by atoms with Crippen molar-refractivity contribution in [3.8, 4) is 0 Å². The van der Waals surface area contributed by atoms with Gasteiger partial charge in [-0.05, 0) is 37.8 Å². The molecule has 4 heteroatoms. The summed E-state index contributed by atoms with van der Waals surface area (Å²) in [6, 6.07) is 3.38. The molecule has 1 aliphatic rings. The highest BCUT2D eigenvalue weighted by atomic mass is 35.5. The lowest BCUT2D eigenvalue weighted by Gasteiger charge is -2.20. The average Bonchev–Trinajstić information content (AvgIpc) is 3.10. The first-order valence-corrected chi connectivity index (χ1v) is 5.99. The van der Waals surface area contributed by atoms with Crippen molar-refractivity contribution in [2.45, 2.75) is 19.8 Å². The zero-order chi connectivity index (χ0) is 11.5. The van der Waals surface area contributed by atoms with Crippen LogP contribution in [-0.2, 0) is 0 Å². The largest absolute Gasteiger partial charge is 0.339 e. The Labute approximate surface area is 100 Å². The fourth-order valence-electron chi connectivity index (χ4n) is 1.65. The number of aromatic nitrogens is 1. The van der Waals surface area contributed by atoms with E-state index in [2.05, 4.69) is 4.98 Å². The molecule has 0 aliphatic heterocycles. The Balaban J connectivity index is 2.06. The number of carbonyl (C=O) groups is 1. The molecule has 0 unspecified atom stereocenters. The lowest BCUT2D eigenvalue weighted by Crippen LogP contribution is -2.32. The summed E-state index contributed by atoms with van der Waals surface area (Å²) in [5.74, 6) is 0.766. The van der Waals surface area contributed by atoms with Crippen LogP contribution in [0.25, 0.3) is 0 Å². The molecule has 1 saturated carbocycles. The molecule has 0 saturated heterocycles. The number of carbonyl (C=O) groups excluding carboxylic acids is 1. The van der Waals surface area contributed by atoms with Gasteiger partial charge in [0.1, 0.15) is 5.15 Å². The van der Waals surface area contributed by atoms with Crippen molar-refractivity contribution in [1.82, 2.24) is 9.88 Å². The van der Waals surface area contributed by atoms with Gasteiger partial charge in [0.05, 0.1) is 5.56 Å². The number of halogens is 1. The van der Waals surface area contributed by atoms with Crippen molar-refractivity contribution >= 4 is 17.5 Å². The number of amides is 1. The molecule has 0 radical (unpaired) electrons. The summed E-state index contributed by atoms with van der Waals surface area (Å²) in [5, 5.41) is 0.418. The van der Waals surface area contributed by atoms with Crippen molar-refractivity contribution in [3.05, 3.63) is 29.0 Å². The zero-order valence-corrected chi connectivity index (χ0v) is 10.1. The SMILES string of the molecule is CCN(CC1CC1)C(=O)c1ccc(Cl)nc1. The number of hydrogen-bond donors (Lipinski definition) is 0. The summed E-state index contributed by atoms with van der Waals surface area (Å²) in [6.07, 6.45) is 4.05. The minimum atomic E-state index is 0.0542. The molecule has 0 atom stereocenters. The van der Waals surface area contributed by atoms with Gasteiger partial charge in [0.25, 0.3) is 5.91 Å². The van der Waals surface area contributed by atoms with Gasteiger partial charge in [-0.1, -0.05) is 11.6 Å². The maximum absolute atomic E-state index is 12.1. The molecule has 0 bridgehead atoms. The Hall–Kier alpha value is -1.09. The molecule has 0 aromatic carbocycles. The quantitative estimate of drug-likeness (QED) is 0.756. The van der Waals surface area contributed by atoms with Gasteiger partial charge in [-0.15, -0.1) is 0 Å². The van der Waals surface area contributed by atoms with Gasteiger partial charge in [0, 0.05) is 19.3 Å². The van der Waals surface area contributed by atoms with Crippen LogP contribution >= 0.6 is 11.6 Å². The van der Waals surface area contributed by atoms with E-state index in [4.69, 9.17) is 11.6 Å². The van der Waals surface area contributed by atoms with Gasteiger partial charge < -0.3 is 4.90 Å². The highest BCUT2D eigenvalue weighted by Gasteiger charge is 2.26. The fourth-order valence-corrected chi connectivity index (χ4v) is 1.76. The van der Waals surface area contributed by atoms with Crippen LogP contribution in [0.5, 0.6) is 0 Å². The standard InChI is InChI=1S/C12H15ClN2O/c1-2-15(8-9-3-4-9)12(16)10-5-6-11(13)14-7-10/h5-7,9H,2-4,8H2,1H3. The minimum absolute atomic E-state index is 0.0542. The first-order valence-electron chi connectivity index (χ1n) is 5.61. The van der Waals surface area contributed by atoms with E-state index in [0.29, 0.717) is 16.6 Å². The van der Waals surface area contributed by atoms with E-state index < -0.39 is 0 Å². The predicted molar refractivity (Wildman–Crippen MR) is 63.5 cm³/mol. The van der Waals surface area contributed by atoms with E-state index in [1.54, 1.807) is 18.3 Å². The predicted octanol–water partition coefficient (Wildman–Crippen LogP) is 2.61. The third-order valence-electron chi connectivity index (χ3n) is 2.82. The molecule has 86 valence electrons. The first kappa shape index (κ1) is 11.4. The van der Waals surface area contributed by atoms with E-state index in [-0.39, 0.29) is 5.91 Å². The van der Waals surface area contributed by atoms with E-state index in [0.717, 1.165) is 13.1 Å². The van der Waals surface area contributed by atoms with Crippen LogP contribution in [-0.4, -0.2) is 28.9 Å².